The van der Waals surface area contributed by atoms with Gasteiger partial charge in [0.25, 0.3) is 0 Å². The standard InChI is InChI=1S/C20H19ClN4S.C20H21NO2.C19H18ClNOS.C17H17NO2.C13H12ClNOS.C7H13NO2.C3H6O4S.C3H8O2.C2H6N2O.ClH/c1-10-9-20(10)19-24-23-13(4)25(19)18-16(11(2)12(3)26-18)17(22-20)14-5-7-15(21)8-6-14;1-3-23-19(22)20(14-15(20)2)21-18(16-10-6-4-7-11-16)17-12-8-5-9-13-17;1-10-9-19(10)16(22)8-15-17(11(2)12(3)23-15)18(21-19)13-4-6-14(20)7-5-13;1-2-20-16(19)13-18-17(14-9-5-3-6-10-14)15-11-7-4-8-12-15;1-7-8(2)17-13(15)11(7)12(16)9-3-5-10(14)6-4-9;1-3-10-6(9)7(8)4-5(7)2;1-3-2-6-8(4,5)7-3;1-3(5)2-4;1-2(5)4-3;/h5-8,10H,9H2,1-4H3;4-13,15H,3,14H2,1-2H3;4-7,10H,8-9H2,1-3H3;3-12H,2,13H2,1H3;3-6H,15H2,1-2H3;5H,3-4,8H2,1-2H3;3H,2H2,1H3;3-5H,2H2,1H3;3H2,1H3,(H,4,5);1H/t10-,20+;15-,20+;10-,19+;;;5-,7+;;;;/m111..1..../s1. The summed E-state index contributed by atoms with van der Waals surface area (Å²) in [4.78, 5) is 94.0. The van der Waals surface area contributed by atoms with Gasteiger partial charge in [-0.1, -0.05) is 208 Å². The molecule has 138 heavy (non-hydrogen) atoms. The van der Waals surface area contributed by atoms with Crippen LogP contribution in [0.4, 0.5) is 5.00 Å². The largest absolute Gasteiger partial charge is 0.465 e. The molecule has 4 aliphatic carbocycles. The predicted molar refractivity (Wildman–Crippen MR) is 554 cm³/mol. The molecule has 11 aromatic rings. The van der Waals surface area contributed by atoms with E-state index in [0.29, 0.717) is 70.2 Å². The lowest BCUT2D eigenvalue weighted by Crippen LogP contribution is -2.36. The number of anilines is 1. The molecular formula is C104H121Cl4N11O15S4. The van der Waals surface area contributed by atoms with Crippen LogP contribution in [-0.4, -0.2) is 160 Å². The van der Waals surface area contributed by atoms with Crippen LogP contribution in [0.1, 0.15) is 203 Å². The van der Waals surface area contributed by atoms with Gasteiger partial charge < -0.3 is 35.9 Å². The van der Waals surface area contributed by atoms with Crippen molar-refractivity contribution in [2.24, 2.45) is 55.2 Å². The number of halogens is 4. The lowest BCUT2D eigenvalue weighted by Gasteiger charge is -2.15. The van der Waals surface area contributed by atoms with Crippen molar-refractivity contribution in [2.75, 3.05) is 45.3 Å². The third-order valence-corrected chi connectivity index (χ3v) is 29.1. The number of nitrogens with two attached hydrogens (primary N) is 3. The number of rotatable bonds is 17. The van der Waals surface area contributed by atoms with Crippen molar-refractivity contribution in [1.29, 1.82) is 0 Å². The van der Waals surface area contributed by atoms with Gasteiger partial charge in [-0.2, -0.15) is 8.42 Å². The van der Waals surface area contributed by atoms with Gasteiger partial charge in [-0.05, 0) is 198 Å². The number of hydrazine groups is 1. The fourth-order valence-electron chi connectivity index (χ4n) is 15.3. The first-order chi connectivity index (χ1) is 65.1. The number of Topliss-reactive ketones (excluding diaryl/α,β-unsaturated/α-hetero) is 1. The maximum Gasteiger partial charge on any atom is 0.400 e. The molecule has 4 saturated carbocycles. The van der Waals surface area contributed by atoms with Crippen LogP contribution in [0.25, 0.3) is 5.00 Å². The van der Waals surface area contributed by atoms with Gasteiger partial charge in [0.1, 0.15) is 40.1 Å². The summed E-state index contributed by atoms with van der Waals surface area (Å²) in [6, 6.07) is 62.3. The monoisotopic (exact) mass is 2030 g/mol. The average molecular weight is 2040 g/mol. The zero-order chi connectivity index (χ0) is 100. The van der Waals surface area contributed by atoms with E-state index in [9.17, 15) is 37.2 Å². The lowest BCUT2D eigenvalue weighted by molar-refractivity contribution is -0.147. The van der Waals surface area contributed by atoms with Gasteiger partial charge in [0.2, 0.25) is 5.91 Å². The van der Waals surface area contributed by atoms with Gasteiger partial charge in [-0.15, -0.1) is 56.6 Å². The molecule has 0 bridgehead atoms. The summed E-state index contributed by atoms with van der Waals surface area (Å²) in [6.45, 7) is 34.0. The Bertz CT molecular complexity index is 6240. The van der Waals surface area contributed by atoms with Gasteiger partial charge in [0, 0.05) is 98.0 Å². The van der Waals surface area contributed by atoms with E-state index in [0.717, 1.165) is 114 Å². The summed E-state index contributed by atoms with van der Waals surface area (Å²) in [7, 11) is -3.60. The molecule has 1 amide bonds. The number of amides is 1. The zero-order valence-corrected chi connectivity index (χ0v) is 86.8. The summed E-state index contributed by atoms with van der Waals surface area (Å²) >= 11 is 23.0. The number of nitrogens with zero attached hydrogens (tertiary/aromatic N) is 7. The van der Waals surface area contributed by atoms with Crippen LogP contribution in [0.5, 0.6) is 0 Å². The molecule has 7 aromatic carbocycles. The molecule has 4 aromatic heterocycles. The maximum absolute atomic E-state index is 12.8. The first-order valence-electron chi connectivity index (χ1n) is 45.1. The van der Waals surface area contributed by atoms with E-state index in [2.05, 4.69) is 87.6 Å². The second-order valence-corrected chi connectivity index (χ2v) is 40.6. The molecule has 2 spiro atoms. The summed E-state index contributed by atoms with van der Waals surface area (Å²) in [5, 5.41) is 28.8. The first kappa shape index (κ1) is 111. The number of ketones is 2. The molecule has 7 aliphatic rings. The molecule has 18 rings (SSSR count). The van der Waals surface area contributed by atoms with Crippen molar-refractivity contribution >= 4 is 155 Å². The number of thiophene rings is 3. The molecule has 10 atom stereocenters. The van der Waals surface area contributed by atoms with Crippen molar-refractivity contribution in [3.63, 3.8) is 0 Å². The quantitative estimate of drug-likeness (QED) is 0.00938. The number of ether oxygens (including phenoxy) is 3. The van der Waals surface area contributed by atoms with E-state index in [1.807, 2.05) is 205 Å². The van der Waals surface area contributed by atoms with Crippen LogP contribution in [0, 0.1) is 72.1 Å². The molecule has 9 N–H and O–H groups in total. The van der Waals surface area contributed by atoms with Crippen molar-refractivity contribution in [1.82, 2.24) is 20.2 Å². The third-order valence-electron chi connectivity index (χ3n) is 24.0. The number of hydrogen-bond donors (Lipinski definition) is 6. The predicted octanol–water partition coefficient (Wildman–Crippen LogP) is 19.3. The summed E-state index contributed by atoms with van der Waals surface area (Å²) in [5.74, 6) is 7.04. The number of esters is 3. The van der Waals surface area contributed by atoms with Crippen LogP contribution in [0.15, 0.2) is 214 Å². The highest BCUT2D eigenvalue weighted by Gasteiger charge is 2.61. The highest BCUT2D eigenvalue weighted by Crippen LogP contribution is 2.58. The van der Waals surface area contributed by atoms with Gasteiger partial charge in [-0.25, -0.2) is 19.0 Å². The smallest absolute Gasteiger partial charge is 0.400 e. The Balaban J connectivity index is 0.000000181. The second-order valence-electron chi connectivity index (χ2n) is 34.2. The summed E-state index contributed by atoms with van der Waals surface area (Å²) in [5.41, 5.74) is 28.2. The van der Waals surface area contributed by atoms with Crippen molar-refractivity contribution in [3.05, 3.63) is 313 Å². The number of nitrogen functional groups attached to an aromatic ring is 1. The number of aliphatic hydroxyl groups excluding tert-OH is 2. The Hall–Kier alpha value is -10.7. The average Bonchev–Trinajstić information content (AvgIpc) is 1.54. The van der Waals surface area contributed by atoms with E-state index in [1.165, 1.54) is 62.2 Å². The number of aliphatic imine (C=N–C) groups is 4. The molecule has 7 heterocycles. The van der Waals surface area contributed by atoms with E-state index in [1.54, 1.807) is 67.7 Å². The number of aryl methyl sites for hydroxylation is 4. The van der Waals surface area contributed by atoms with Gasteiger partial charge >= 0.3 is 28.3 Å². The highest BCUT2D eigenvalue weighted by molar-refractivity contribution is 7.82. The molecule has 1 saturated heterocycles. The number of carbonyl (C=O) groups is 6. The van der Waals surface area contributed by atoms with E-state index in [-0.39, 0.29) is 85.1 Å². The van der Waals surface area contributed by atoms with Crippen molar-refractivity contribution < 1.29 is 70.0 Å². The number of aromatic nitrogens is 3. The molecule has 3 aliphatic heterocycles. The number of carbonyl (C=O) groups excluding carboxylic acids is 6. The molecule has 34 heteroatoms. The van der Waals surface area contributed by atoms with E-state index >= 15 is 0 Å². The highest BCUT2D eigenvalue weighted by atomic mass is 35.5. The van der Waals surface area contributed by atoms with Gasteiger partial charge in [0.15, 0.2) is 22.9 Å². The molecule has 26 nitrogen and oxygen atoms in total. The molecular weight excluding hydrogens is 1910 g/mol. The summed E-state index contributed by atoms with van der Waals surface area (Å²) < 4.78 is 46.1. The van der Waals surface area contributed by atoms with Crippen LogP contribution in [-0.2, 0) is 68.9 Å². The van der Waals surface area contributed by atoms with Crippen molar-refractivity contribution in [3.8, 4) is 5.00 Å². The number of aliphatic hydroxyl groups is 2. The third kappa shape index (κ3) is 27.7. The van der Waals surface area contributed by atoms with Gasteiger partial charge in [-0.3, -0.25) is 53.9 Å². The SMILES string of the molecule is CC(=O)NN.CC(O)CO.CC1COS(=O)(=O)O1.CCOC(=O)CN=C(c1ccccc1)c1ccccc1.CCOC(=O)[C@]1(N)C[C@H]1C.CCOC(=O)[C@]1(N=C(c2ccccc2)c2ccccc2)C[C@H]1C.Cc1sc(N)c(C(=O)c2ccc(Cl)cc2)c1C.Cc1sc2c(c1C)C(c1ccc(Cl)cc1)=N[C@]1(C[C@H]1C)C(=O)C2.Cc1sc2c(c1C)C(c1ccc(Cl)cc1)=N[C@]1(C[C@H]1C)c1nnc(C)n1-2.Cl. The van der Waals surface area contributed by atoms with Crippen LogP contribution in [0.2, 0.25) is 15.1 Å². The minimum absolute atomic E-state index is 0. The van der Waals surface area contributed by atoms with Crippen LogP contribution >= 0.6 is 81.2 Å². The summed E-state index contributed by atoms with van der Waals surface area (Å²) in [6.07, 6.45) is 3.03. The Morgan fingerprint density at radius 2 is 0.993 bits per heavy atom. The molecule has 0 radical (unpaired) electrons. The minimum atomic E-state index is -3.60. The Labute approximate surface area is 841 Å². The number of benzene rings is 7. The number of fused-ring (bicyclic) bond motifs is 5. The maximum atomic E-state index is 12.8. The Morgan fingerprint density at radius 3 is 1.38 bits per heavy atom. The fourth-order valence-corrected chi connectivity index (χ4v) is 19.9. The zero-order valence-electron chi connectivity index (χ0n) is 80.5. The number of hydrogen-bond acceptors (Lipinski definition) is 27. The lowest BCUT2D eigenvalue weighted by atomic mass is 9.98. The molecule has 5 fully saturated rings. The number of nitrogens with one attached hydrogen (secondary N) is 1. The van der Waals surface area contributed by atoms with Crippen molar-refractivity contribution in [2.45, 2.75) is 184 Å². The molecule has 734 valence electrons. The first-order valence-corrected chi connectivity index (χ1v) is 50.0. The normalized spacial score (nSPS) is 20.7. The minimum Gasteiger partial charge on any atom is -0.465 e. The van der Waals surface area contributed by atoms with E-state index in [4.69, 9.17) is 85.7 Å². The van der Waals surface area contributed by atoms with E-state index < -0.39 is 33.1 Å². The molecule has 2 unspecified atom stereocenters. The Morgan fingerprint density at radius 1 is 0.580 bits per heavy atom. The van der Waals surface area contributed by atoms with Crippen LogP contribution in [0.3, 0.4) is 0 Å². The van der Waals surface area contributed by atoms with Gasteiger partial charge in [0.05, 0.1) is 72.5 Å². The fraction of sp³-hybridized carbons (Fsp3) is 0.365. The topological polar surface area (TPSA) is 393 Å². The van der Waals surface area contributed by atoms with Crippen LogP contribution < -0.4 is 22.7 Å². The second kappa shape index (κ2) is 49.5. The Kier molecular flexibility index (Phi) is 39.8.